The van der Waals surface area contributed by atoms with Crippen LogP contribution < -0.4 is 5.56 Å². The first-order valence-electron chi connectivity index (χ1n) is 6.09. The van der Waals surface area contributed by atoms with E-state index in [2.05, 4.69) is 11.1 Å². The first-order chi connectivity index (χ1) is 8.75. The number of fused-ring (bicyclic) bond motifs is 1. The fourth-order valence-corrected chi connectivity index (χ4v) is 2.37. The van der Waals surface area contributed by atoms with Gasteiger partial charge in [0.15, 0.2) is 0 Å². The third-order valence-corrected chi connectivity index (χ3v) is 3.33. The molecule has 1 unspecified atom stereocenters. The molecular formula is C14H13FN2O. The highest BCUT2D eigenvalue weighted by atomic mass is 19.1. The summed E-state index contributed by atoms with van der Waals surface area (Å²) in [6.07, 6.45) is 8.75. The van der Waals surface area contributed by atoms with E-state index in [4.69, 9.17) is 0 Å². The molecule has 0 bridgehead atoms. The number of hydrogen-bond acceptors (Lipinski definition) is 2. The summed E-state index contributed by atoms with van der Waals surface area (Å²) in [4.78, 5) is 16.5. The van der Waals surface area contributed by atoms with Crippen LogP contribution in [0.5, 0.6) is 0 Å². The summed E-state index contributed by atoms with van der Waals surface area (Å²) in [5, 5.41) is 0.470. The monoisotopic (exact) mass is 244 g/mol. The lowest BCUT2D eigenvalue weighted by Crippen LogP contribution is -2.25. The summed E-state index contributed by atoms with van der Waals surface area (Å²) < 4.78 is 14.7. The molecule has 1 atom stereocenters. The van der Waals surface area contributed by atoms with Gasteiger partial charge in [-0.05, 0) is 31.4 Å². The molecule has 1 heterocycles. The topological polar surface area (TPSA) is 34.9 Å². The van der Waals surface area contributed by atoms with Crippen LogP contribution in [0, 0.1) is 5.82 Å². The van der Waals surface area contributed by atoms with Crippen LogP contribution in [0.1, 0.15) is 25.3 Å². The summed E-state index contributed by atoms with van der Waals surface area (Å²) in [5.41, 5.74) is 0.313. The minimum atomic E-state index is -0.371. The highest BCUT2D eigenvalue weighted by Crippen LogP contribution is 2.21. The molecule has 92 valence electrons. The molecule has 0 amide bonds. The van der Waals surface area contributed by atoms with E-state index < -0.39 is 0 Å². The molecule has 18 heavy (non-hydrogen) atoms. The van der Waals surface area contributed by atoms with Gasteiger partial charge >= 0.3 is 0 Å². The summed E-state index contributed by atoms with van der Waals surface area (Å²) in [5.74, 6) is -0.371. The van der Waals surface area contributed by atoms with Crippen LogP contribution in [0.15, 0.2) is 41.5 Å². The van der Waals surface area contributed by atoms with Crippen LogP contribution in [0.2, 0.25) is 0 Å². The summed E-state index contributed by atoms with van der Waals surface area (Å²) in [7, 11) is 0. The zero-order chi connectivity index (χ0) is 12.5. The number of allylic oxidation sites excluding steroid dienone is 2. The van der Waals surface area contributed by atoms with Gasteiger partial charge in [0, 0.05) is 6.07 Å². The third-order valence-electron chi connectivity index (χ3n) is 3.33. The summed E-state index contributed by atoms with van der Waals surface area (Å²) in [6.45, 7) is 0. The molecule has 4 heteroatoms. The first kappa shape index (κ1) is 11.1. The van der Waals surface area contributed by atoms with Crippen LogP contribution in [-0.2, 0) is 0 Å². The molecule has 3 rings (SSSR count). The molecule has 0 fully saturated rings. The van der Waals surface area contributed by atoms with Crippen molar-refractivity contribution in [3.63, 3.8) is 0 Å². The van der Waals surface area contributed by atoms with E-state index in [1.54, 1.807) is 4.57 Å². The number of rotatable bonds is 1. The maximum atomic E-state index is 13.1. The van der Waals surface area contributed by atoms with Gasteiger partial charge in [-0.1, -0.05) is 12.2 Å². The molecule has 1 aromatic carbocycles. The van der Waals surface area contributed by atoms with E-state index in [0.29, 0.717) is 10.9 Å². The molecular weight excluding hydrogens is 231 g/mol. The predicted molar refractivity (Wildman–Crippen MR) is 68.0 cm³/mol. The molecule has 0 aliphatic heterocycles. The van der Waals surface area contributed by atoms with Crippen molar-refractivity contribution >= 4 is 10.9 Å². The van der Waals surface area contributed by atoms with Crippen molar-refractivity contribution in [3.05, 3.63) is 52.8 Å². The molecule has 1 aromatic heterocycles. The number of hydrogen-bond donors (Lipinski definition) is 0. The number of benzene rings is 1. The fraction of sp³-hybridized carbons (Fsp3) is 0.286. The SMILES string of the molecule is O=c1c2ccc(F)cc2ncn1C1C=CCCC1. The van der Waals surface area contributed by atoms with Gasteiger partial charge in [0.1, 0.15) is 5.82 Å². The Hall–Kier alpha value is -1.97. The quantitative estimate of drug-likeness (QED) is 0.723. The van der Waals surface area contributed by atoms with Crippen LogP contribution in [0.25, 0.3) is 10.9 Å². The Kier molecular flexibility index (Phi) is 2.70. The van der Waals surface area contributed by atoms with Gasteiger partial charge in [0.05, 0.1) is 23.3 Å². The standard InChI is InChI=1S/C14H13FN2O/c15-10-6-7-12-13(8-10)16-9-17(14(12)18)11-4-2-1-3-5-11/h2,4,6-9,11H,1,3,5H2. The van der Waals surface area contributed by atoms with E-state index >= 15 is 0 Å². The van der Waals surface area contributed by atoms with Crippen LogP contribution in [0.3, 0.4) is 0 Å². The molecule has 2 aromatic rings. The second kappa shape index (κ2) is 4.37. The van der Waals surface area contributed by atoms with Crippen LogP contribution in [0.4, 0.5) is 4.39 Å². The Morgan fingerprint density at radius 3 is 3.06 bits per heavy atom. The average molecular weight is 244 g/mol. The van der Waals surface area contributed by atoms with Crippen molar-refractivity contribution in [1.82, 2.24) is 9.55 Å². The normalized spacial score (nSPS) is 19.3. The highest BCUT2D eigenvalue weighted by molar-refractivity contribution is 5.77. The lowest BCUT2D eigenvalue weighted by atomic mass is 10.0. The summed E-state index contributed by atoms with van der Waals surface area (Å²) >= 11 is 0. The number of aromatic nitrogens is 2. The molecule has 3 nitrogen and oxygen atoms in total. The molecule has 0 spiro atoms. The highest BCUT2D eigenvalue weighted by Gasteiger charge is 2.13. The molecule has 0 radical (unpaired) electrons. The van der Waals surface area contributed by atoms with E-state index in [9.17, 15) is 9.18 Å². The number of nitrogens with zero attached hydrogens (tertiary/aromatic N) is 2. The van der Waals surface area contributed by atoms with Gasteiger partial charge in [0.2, 0.25) is 0 Å². The Balaban J connectivity index is 2.17. The van der Waals surface area contributed by atoms with Gasteiger partial charge in [-0.15, -0.1) is 0 Å². The number of halogens is 1. The molecule has 0 saturated heterocycles. The van der Waals surface area contributed by atoms with Crippen molar-refractivity contribution in [2.24, 2.45) is 0 Å². The summed E-state index contributed by atoms with van der Waals surface area (Å²) in [6, 6.07) is 4.17. The van der Waals surface area contributed by atoms with Gasteiger partial charge in [-0.2, -0.15) is 0 Å². The second-order valence-electron chi connectivity index (χ2n) is 4.54. The van der Waals surface area contributed by atoms with Crippen molar-refractivity contribution in [2.75, 3.05) is 0 Å². The van der Waals surface area contributed by atoms with Gasteiger partial charge in [-0.3, -0.25) is 9.36 Å². The Labute approximate surface area is 104 Å². The van der Waals surface area contributed by atoms with Crippen molar-refractivity contribution in [3.8, 4) is 0 Å². The average Bonchev–Trinajstić information content (AvgIpc) is 2.40. The van der Waals surface area contributed by atoms with Crippen molar-refractivity contribution in [2.45, 2.75) is 25.3 Å². The zero-order valence-corrected chi connectivity index (χ0v) is 9.84. The largest absolute Gasteiger partial charge is 0.292 e. The zero-order valence-electron chi connectivity index (χ0n) is 9.84. The Morgan fingerprint density at radius 2 is 2.28 bits per heavy atom. The minimum absolute atomic E-state index is 0.0770. The fourth-order valence-electron chi connectivity index (χ4n) is 2.37. The van der Waals surface area contributed by atoms with Gasteiger partial charge in [0.25, 0.3) is 5.56 Å². The lowest BCUT2D eigenvalue weighted by molar-refractivity contribution is 0.501. The second-order valence-corrected chi connectivity index (χ2v) is 4.54. The van der Waals surface area contributed by atoms with E-state index in [1.807, 2.05) is 6.08 Å². The minimum Gasteiger partial charge on any atom is -0.292 e. The van der Waals surface area contributed by atoms with E-state index in [0.717, 1.165) is 19.3 Å². The van der Waals surface area contributed by atoms with Crippen LogP contribution in [-0.4, -0.2) is 9.55 Å². The maximum absolute atomic E-state index is 13.1. The first-order valence-corrected chi connectivity index (χ1v) is 6.09. The Morgan fingerprint density at radius 1 is 1.39 bits per heavy atom. The predicted octanol–water partition coefficient (Wildman–Crippen LogP) is 2.82. The third kappa shape index (κ3) is 1.83. The molecule has 1 aliphatic carbocycles. The smallest absolute Gasteiger partial charge is 0.261 e. The molecule has 0 saturated carbocycles. The van der Waals surface area contributed by atoms with Gasteiger partial charge < -0.3 is 0 Å². The van der Waals surface area contributed by atoms with Gasteiger partial charge in [-0.25, -0.2) is 9.37 Å². The van der Waals surface area contributed by atoms with E-state index in [-0.39, 0.29) is 17.4 Å². The van der Waals surface area contributed by atoms with Crippen molar-refractivity contribution in [1.29, 1.82) is 0 Å². The van der Waals surface area contributed by atoms with Crippen molar-refractivity contribution < 1.29 is 4.39 Å². The molecule has 0 N–H and O–H groups in total. The van der Waals surface area contributed by atoms with Crippen LogP contribution >= 0.6 is 0 Å². The Bertz CT molecular complexity index is 675. The molecule has 1 aliphatic rings. The lowest BCUT2D eigenvalue weighted by Gasteiger charge is -2.18. The van der Waals surface area contributed by atoms with E-state index in [1.165, 1.54) is 24.5 Å². The maximum Gasteiger partial charge on any atom is 0.261 e.